The quantitative estimate of drug-likeness (QED) is 0.549. The molecule has 0 unspecified atom stereocenters. The van der Waals surface area contributed by atoms with Crippen molar-refractivity contribution in [2.45, 2.75) is 20.0 Å². The fourth-order valence-electron chi connectivity index (χ4n) is 0.973. The zero-order valence-corrected chi connectivity index (χ0v) is 7.95. The monoisotopic (exact) mass is 195 g/mol. The number of hydrogen-bond acceptors (Lipinski definition) is 3. The van der Waals surface area contributed by atoms with E-state index in [1.54, 1.807) is 0 Å². The molecule has 0 amide bonds. The predicted octanol–water partition coefficient (Wildman–Crippen LogP) is 2.58. The molecule has 0 aliphatic carbocycles. The maximum atomic E-state index is 13.0. The first kappa shape index (κ1) is 10.4. The third-order valence-corrected chi connectivity index (χ3v) is 1.46. The molecule has 1 aromatic rings. The molecule has 3 nitrogen and oxygen atoms in total. The summed E-state index contributed by atoms with van der Waals surface area (Å²) in [7, 11) is 0. The molecule has 14 heavy (non-hydrogen) atoms. The van der Waals surface area contributed by atoms with Gasteiger partial charge in [-0.05, 0) is 26.0 Å². The van der Waals surface area contributed by atoms with Gasteiger partial charge in [0.15, 0.2) is 0 Å². The lowest BCUT2D eigenvalue weighted by Crippen LogP contribution is -2.05. The summed E-state index contributed by atoms with van der Waals surface area (Å²) >= 11 is 0. The van der Waals surface area contributed by atoms with Crippen molar-refractivity contribution in [3.05, 3.63) is 24.0 Å². The van der Waals surface area contributed by atoms with E-state index in [1.165, 1.54) is 24.3 Å². The number of benzene rings is 1. The van der Waals surface area contributed by atoms with Gasteiger partial charge < -0.3 is 4.74 Å². The van der Waals surface area contributed by atoms with E-state index in [0.29, 0.717) is 5.75 Å². The second-order valence-electron chi connectivity index (χ2n) is 2.98. The molecule has 0 spiro atoms. The number of hydrogen-bond donors (Lipinski definition) is 0. The van der Waals surface area contributed by atoms with Gasteiger partial charge in [0.05, 0.1) is 6.10 Å². The number of rotatable bonds is 3. The lowest BCUT2D eigenvalue weighted by atomic mass is 10.3. The summed E-state index contributed by atoms with van der Waals surface area (Å²) in [5.41, 5.74) is -0.0573. The van der Waals surface area contributed by atoms with Crippen LogP contribution in [-0.4, -0.2) is 12.2 Å². The summed E-state index contributed by atoms with van der Waals surface area (Å²) in [6.45, 7) is 3.71. The Balaban J connectivity index is 3.00. The van der Waals surface area contributed by atoms with Gasteiger partial charge in [0.25, 0.3) is 0 Å². The third-order valence-electron chi connectivity index (χ3n) is 1.46. The van der Waals surface area contributed by atoms with Crippen molar-refractivity contribution in [3.63, 3.8) is 0 Å². The molecular weight excluding hydrogens is 185 g/mol. The zero-order valence-electron chi connectivity index (χ0n) is 7.95. The molecule has 0 N–H and O–H groups in total. The van der Waals surface area contributed by atoms with Crippen LogP contribution in [0.3, 0.4) is 0 Å². The van der Waals surface area contributed by atoms with Gasteiger partial charge >= 0.3 is 0 Å². The Morgan fingerprint density at radius 3 is 2.79 bits per heavy atom. The summed E-state index contributed by atoms with van der Waals surface area (Å²) in [4.78, 5) is 13.2. The number of carbonyl (C=O) groups excluding carboxylic acids is 1. The van der Waals surface area contributed by atoms with Gasteiger partial charge in [-0.15, -0.1) is 0 Å². The Kier molecular flexibility index (Phi) is 3.37. The van der Waals surface area contributed by atoms with E-state index < -0.39 is 5.82 Å². The number of nitrogens with zero attached hydrogens (tertiary/aromatic N) is 1. The van der Waals surface area contributed by atoms with E-state index in [0.717, 1.165) is 0 Å². The van der Waals surface area contributed by atoms with Gasteiger partial charge in [-0.3, -0.25) is 0 Å². The molecule has 0 aromatic heterocycles. The number of halogens is 1. The van der Waals surface area contributed by atoms with E-state index in [4.69, 9.17) is 4.74 Å². The Morgan fingerprint density at radius 1 is 1.50 bits per heavy atom. The highest BCUT2D eigenvalue weighted by Crippen LogP contribution is 2.24. The molecule has 0 atom stereocenters. The molecule has 0 radical (unpaired) electrons. The van der Waals surface area contributed by atoms with Crippen molar-refractivity contribution < 1.29 is 13.9 Å². The van der Waals surface area contributed by atoms with Crippen molar-refractivity contribution in [3.8, 4) is 5.75 Å². The smallest absolute Gasteiger partial charge is 0.240 e. The summed E-state index contributed by atoms with van der Waals surface area (Å²) in [5, 5.41) is 0. The van der Waals surface area contributed by atoms with Crippen molar-refractivity contribution in [2.24, 2.45) is 4.99 Å². The molecule has 1 rings (SSSR count). The van der Waals surface area contributed by atoms with Crippen LogP contribution in [0, 0.1) is 5.82 Å². The molecule has 0 aliphatic rings. The van der Waals surface area contributed by atoms with Crippen LogP contribution >= 0.6 is 0 Å². The van der Waals surface area contributed by atoms with Crippen LogP contribution in [0.2, 0.25) is 0 Å². The molecule has 0 fully saturated rings. The Labute approximate surface area is 81.2 Å². The number of ether oxygens (including phenoxy) is 1. The van der Waals surface area contributed by atoms with Crippen LogP contribution in [0.15, 0.2) is 23.2 Å². The van der Waals surface area contributed by atoms with Gasteiger partial charge in [0.1, 0.15) is 17.3 Å². The molecule has 0 saturated carbocycles. The molecule has 0 bridgehead atoms. The lowest BCUT2D eigenvalue weighted by Gasteiger charge is -2.09. The van der Waals surface area contributed by atoms with Crippen molar-refractivity contribution in [1.82, 2.24) is 0 Å². The van der Waals surface area contributed by atoms with Gasteiger partial charge in [0, 0.05) is 6.07 Å². The highest BCUT2D eigenvalue weighted by molar-refractivity contribution is 5.52. The fraction of sp³-hybridized carbons (Fsp3) is 0.300. The lowest BCUT2D eigenvalue weighted by molar-refractivity contribution is 0.242. The summed E-state index contributed by atoms with van der Waals surface area (Å²) in [6, 6.07) is 4.05. The highest BCUT2D eigenvalue weighted by Gasteiger charge is 2.04. The van der Waals surface area contributed by atoms with Crippen LogP contribution < -0.4 is 4.74 Å². The standard InChI is InChI=1S/C10H10FNO2/c1-7(2)14-8-3-4-9(11)10(5-8)12-6-13/h3-5,7H,1-2H3. The Morgan fingerprint density at radius 2 is 2.21 bits per heavy atom. The summed E-state index contributed by atoms with van der Waals surface area (Å²) in [6.07, 6.45) is 1.28. The van der Waals surface area contributed by atoms with Crippen LogP contribution in [0.5, 0.6) is 5.75 Å². The summed E-state index contributed by atoms with van der Waals surface area (Å²) < 4.78 is 18.3. The Hall–Kier alpha value is -1.67. The second kappa shape index (κ2) is 4.53. The minimum absolute atomic E-state index is 0.00600. The van der Waals surface area contributed by atoms with E-state index >= 15 is 0 Å². The maximum Gasteiger partial charge on any atom is 0.240 e. The van der Waals surface area contributed by atoms with Gasteiger partial charge in [-0.25, -0.2) is 9.18 Å². The van der Waals surface area contributed by atoms with E-state index in [2.05, 4.69) is 4.99 Å². The second-order valence-corrected chi connectivity index (χ2v) is 2.98. The topological polar surface area (TPSA) is 38.7 Å². The van der Waals surface area contributed by atoms with Crippen LogP contribution in [0.25, 0.3) is 0 Å². The molecular formula is C10H10FNO2. The largest absolute Gasteiger partial charge is 0.491 e. The third kappa shape index (κ3) is 2.68. The number of isocyanates is 1. The maximum absolute atomic E-state index is 13.0. The normalized spacial score (nSPS) is 9.71. The van der Waals surface area contributed by atoms with Gasteiger partial charge in [0.2, 0.25) is 6.08 Å². The zero-order chi connectivity index (χ0) is 10.6. The van der Waals surface area contributed by atoms with Crippen LogP contribution in [-0.2, 0) is 4.79 Å². The Bertz CT molecular complexity index is 370. The fourth-order valence-corrected chi connectivity index (χ4v) is 0.973. The average molecular weight is 195 g/mol. The van der Waals surface area contributed by atoms with Crippen LogP contribution in [0.4, 0.5) is 10.1 Å². The van der Waals surface area contributed by atoms with Gasteiger partial charge in [-0.2, -0.15) is 4.99 Å². The van der Waals surface area contributed by atoms with E-state index in [9.17, 15) is 9.18 Å². The minimum Gasteiger partial charge on any atom is -0.491 e. The molecule has 0 aliphatic heterocycles. The number of aliphatic imine (C=N–C) groups is 1. The SMILES string of the molecule is CC(C)Oc1ccc(F)c(N=C=O)c1. The van der Waals surface area contributed by atoms with E-state index in [-0.39, 0.29) is 11.8 Å². The van der Waals surface area contributed by atoms with Crippen LogP contribution in [0.1, 0.15) is 13.8 Å². The average Bonchev–Trinajstić information content (AvgIpc) is 2.10. The highest BCUT2D eigenvalue weighted by atomic mass is 19.1. The first-order chi connectivity index (χ1) is 6.63. The van der Waals surface area contributed by atoms with E-state index in [1.807, 2.05) is 13.8 Å². The summed E-state index contributed by atoms with van der Waals surface area (Å²) in [5.74, 6) is -0.0835. The molecule has 1 aromatic carbocycles. The van der Waals surface area contributed by atoms with Crippen molar-refractivity contribution in [1.29, 1.82) is 0 Å². The minimum atomic E-state index is -0.565. The first-order valence-electron chi connectivity index (χ1n) is 4.17. The first-order valence-corrected chi connectivity index (χ1v) is 4.17. The predicted molar refractivity (Wildman–Crippen MR) is 49.9 cm³/mol. The molecule has 0 saturated heterocycles. The van der Waals surface area contributed by atoms with Gasteiger partial charge in [-0.1, -0.05) is 0 Å². The molecule has 74 valence electrons. The molecule has 0 heterocycles. The van der Waals surface area contributed by atoms with Crippen molar-refractivity contribution >= 4 is 11.8 Å². The molecule has 4 heteroatoms. The van der Waals surface area contributed by atoms with Crippen molar-refractivity contribution in [2.75, 3.05) is 0 Å².